The highest BCUT2D eigenvalue weighted by Crippen LogP contribution is 2.40. The van der Waals surface area contributed by atoms with Crippen molar-refractivity contribution in [3.63, 3.8) is 0 Å². The van der Waals surface area contributed by atoms with Gasteiger partial charge in [0.2, 0.25) is 0 Å². The fourth-order valence-electron chi connectivity index (χ4n) is 4.45. The van der Waals surface area contributed by atoms with E-state index in [1.54, 1.807) is 0 Å². The number of guanidine groups is 1. The third-order valence-corrected chi connectivity index (χ3v) is 6.32. The molecule has 0 unspecified atom stereocenters. The molecule has 1 heterocycles. The minimum Gasteiger partial charge on any atom is -0.444 e. The molecule has 31 heavy (non-hydrogen) atoms. The fraction of sp³-hybridized carbons (Fsp3) is 0.913. The van der Waals surface area contributed by atoms with Gasteiger partial charge in [0.1, 0.15) is 5.60 Å². The molecule has 1 aliphatic carbocycles. The lowest BCUT2D eigenvalue weighted by Crippen LogP contribution is -2.47. The first-order valence-corrected chi connectivity index (χ1v) is 11.8. The molecule has 2 fully saturated rings. The summed E-state index contributed by atoms with van der Waals surface area (Å²) in [6.45, 7) is 12.8. The summed E-state index contributed by atoms with van der Waals surface area (Å²) >= 11 is 0. The molecule has 1 saturated carbocycles. The van der Waals surface area contributed by atoms with Crippen LogP contribution in [0.5, 0.6) is 0 Å². The average Bonchev–Trinajstić information content (AvgIpc) is 3.16. The number of carbonyl (C=O) groups is 1. The van der Waals surface area contributed by atoms with Gasteiger partial charge >= 0.3 is 6.09 Å². The molecule has 2 N–H and O–H groups in total. The van der Waals surface area contributed by atoms with Gasteiger partial charge in [-0.05, 0) is 71.1 Å². The van der Waals surface area contributed by atoms with Crippen LogP contribution in [0, 0.1) is 11.3 Å². The Bertz CT molecular complexity index is 552. The van der Waals surface area contributed by atoms with E-state index < -0.39 is 5.60 Å². The quantitative estimate of drug-likeness (QED) is 0.202. The molecule has 8 heteroatoms. The number of hydrogen-bond acceptors (Lipinski definition) is 4. The van der Waals surface area contributed by atoms with Gasteiger partial charge in [0.25, 0.3) is 0 Å². The number of likely N-dealkylation sites (tertiary alicyclic amines) is 1. The average molecular weight is 553 g/mol. The maximum atomic E-state index is 12.2. The van der Waals surface area contributed by atoms with E-state index in [-0.39, 0.29) is 30.1 Å². The van der Waals surface area contributed by atoms with E-state index in [4.69, 9.17) is 9.47 Å². The summed E-state index contributed by atoms with van der Waals surface area (Å²) in [5.41, 5.74) is -0.0987. The summed E-state index contributed by atoms with van der Waals surface area (Å²) in [7, 11) is 1.84. The Kier molecular flexibility index (Phi) is 12.5. The van der Waals surface area contributed by atoms with Gasteiger partial charge in [0.05, 0.1) is 0 Å². The Hall–Kier alpha value is -0.770. The van der Waals surface area contributed by atoms with Crippen LogP contribution in [0.1, 0.15) is 72.6 Å². The number of ether oxygens (including phenoxy) is 2. The minimum absolute atomic E-state index is 0. The van der Waals surface area contributed by atoms with Crippen LogP contribution >= 0.6 is 24.0 Å². The molecule has 0 aromatic heterocycles. The lowest BCUT2D eigenvalue weighted by Gasteiger charge is -2.34. The van der Waals surface area contributed by atoms with Crippen molar-refractivity contribution in [2.24, 2.45) is 16.3 Å². The molecule has 0 atom stereocenters. The SMILES string of the molecule is CCOCCC1(CNC(=NC)NCC2CCN(C(=O)OC(C)(C)C)CC2)CCCC1.I. The van der Waals surface area contributed by atoms with Gasteiger partial charge in [0, 0.05) is 46.4 Å². The second kappa shape index (κ2) is 13.7. The Morgan fingerprint density at radius 1 is 1.16 bits per heavy atom. The van der Waals surface area contributed by atoms with Crippen molar-refractivity contribution in [2.45, 2.75) is 78.2 Å². The van der Waals surface area contributed by atoms with Crippen LogP contribution in [0.4, 0.5) is 4.79 Å². The van der Waals surface area contributed by atoms with Crippen LogP contribution in [0.15, 0.2) is 4.99 Å². The zero-order valence-corrected chi connectivity index (χ0v) is 22.6. The molecule has 0 spiro atoms. The molecule has 0 aromatic rings. The van der Waals surface area contributed by atoms with Crippen molar-refractivity contribution in [1.29, 1.82) is 0 Å². The van der Waals surface area contributed by atoms with Crippen LogP contribution < -0.4 is 10.6 Å². The van der Waals surface area contributed by atoms with Gasteiger partial charge in [-0.15, -0.1) is 24.0 Å². The lowest BCUT2D eigenvalue weighted by atomic mass is 9.83. The normalized spacial score (nSPS) is 19.6. The van der Waals surface area contributed by atoms with Gasteiger partial charge < -0.3 is 25.0 Å². The van der Waals surface area contributed by atoms with E-state index in [2.05, 4.69) is 22.5 Å². The van der Waals surface area contributed by atoms with Crippen molar-refractivity contribution >= 4 is 36.0 Å². The number of carbonyl (C=O) groups excluding carboxylic acids is 1. The molecular weight excluding hydrogens is 507 g/mol. The first kappa shape index (κ1) is 28.3. The van der Waals surface area contributed by atoms with Crippen molar-refractivity contribution in [1.82, 2.24) is 15.5 Å². The van der Waals surface area contributed by atoms with Crippen LogP contribution in [0.25, 0.3) is 0 Å². The number of rotatable bonds is 8. The molecule has 1 aliphatic heterocycles. The summed E-state index contributed by atoms with van der Waals surface area (Å²) in [6, 6.07) is 0. The standard InChI is InChI=1S/C23H44N4O3.HI/c1-6-29-16-13-23(11-7-8-12-23)18-26-20(24-5)25-17-19-9-14-27(15-10-19)21(28)30-22(2,3)4;/h19H,6-18H2,1-5H3,(H2,24,25,26);1H. The van der Waals surface area contributed by atoms with E-state index >= 15 is 0 Å². The van der Waals surface area contributed by atoms with Crippen LogP contribution in [0.2, 0.25) is 0 Å². The molecule has 2 rings (SSSR count). The Labute approximate surface area is 206 Å². The number of hydrogen-bond donors (Lipinski definition) is 2. The molecule has 1 saturated heterocycles. The minimum atomic E-state index is -0.438. The zero-order chi connectivity index (χ0) is 22.0. The second-order valence-electron chi connectivity index (χ2n) is 9.87. The third-order valence-electron chi connectivity index (χ3n) is 6.32. The van der Waals surface area contributed by atoms with E-state index in [1.807, 2.05) is 32.7 Å². The first-order chi connectivity index (χ1) is 14.3. The number of piperidine rings is 1. The topological polar surface area (TPSA) is 75.2 Å². The summed E-state index contributed by atoms with van der Waals surface area (Å²) < 4.78 is 11.1. The maximum absolute atomic E-state index is 12.2. The molecule has 0 radical (unpaired) electrons. The largest absolute Gasteiger partial charge is 0.444 e. The first-order valence-electron chi connectivity index (χ1n) is 11.8. The van der Waals surface area contributed by atoms with Crippen LogP contribution in [-0.4, -0.2) is 69.0 Å². The maximum Gasteiger partial charge on any atom is 0.410 e. The van der Waals surface area contributed by atoms with Crippen LogP contribution in [-0.2, 0) is 9.47 Å². The zero-order valence-electron chi connectivity index (χ0n) is 20.3. The second-order valence-corrected chi connectivity index (χ2v) is 9.87. The molecule has 1 amide bonds. The third kappa shape index (κ3) is 10.1. The summed E-state index contributed by atoms with van der Waals surface area (Å²) in [4.78, 5) is 18.5. The van der Waals surface area contributed by atoms with Gasteiger partial charge in [-0.25, -0.2) is 4.79 Å². The van der Waals surface area contributed by atoms with Gasteiger partial charge in [-0.2, -0.15) is 0 Å². The van der Waals surface area contributed by atoms with Gasteiger partial charge in [0.15, 0.2) is 5.96 Å². The Balaban J connectivity index is 0.00000480. The van der Waals surface area contributed by atoms with Crippen molar-refractivity contribution in [3.05, 3.63) is 0 Å². The highest BCUT2D eigenvalue weighted by molar-refractivity contribution is 14.0. The monoisotopic (exact) mass is 552 g/mol. The highest BCUT2D eigenvalue weighted by Gasteiger charge is 2.33. The Morgan fingerprint density at radius 3 is 2.35 bits per heavy atom. The van der Waals surface area contributed by atoms with Crippen molar-refractivity contribution in [2.75, 3.05) is 46.4 Å². The predicted octanol–water partition coefficient (Wildman–Crippen LogP) is 4.40. The van der Waals surface area contributed by atoms with Gasteiger partial charge in [-0.1, -0.05) is 12.8 Å². The molecule has 0 bridgehead atoms. The Morgan fingerprint density at radius 2 is 1.81 bits per heavy atom. The highest BCUT2D eigenvalue weighted by atomic mass is 127. The molecule has 0 aromatic carbocycles. The summed E-state index contributed by atoms with van der Waals surface area (Å²) in [6.07, 6.45) is 8.07. The van der Waals surface area contributed by atoms with E-state index in [1.165, 1.54) is 25.7 Å². The van der Waals surface area contributed by atoms with Crippen molar-refractivity contribution < 1.29 is 14.3 Å². The predicted molar refractivity (Wildman–Crippen MR) is 137 cm³/mol. The van der Waals surface area contributed by atoms with Crippen LogP contribution in [0.3, 0.4) is 0 Å². The fourth-order valence-corrected chi connectivity index (χ4v) is 4.45. The number of nitrogens with zero attached hydrogens (tertiary/aromatic N) is 2. The smallest absolute Gasteiger partial charge is 0.410 e. The van der Waals surface area contributed by atoms with E-state index in [0.29, 0.717) is 11.3 Å². The van der Waals surface area contributed by atoms with E-state index in [0.717, 1.165) is 64.6 Å². The number of halogens is 1. The number of aliphatic imine (C=N–C) groups is 1. The molecule has 182 valence electrons. The van der Waals surface area contributed by atoms with E-state index in [9.17, 15) is 4.79 Å². The molecular formula is C23H45IN4O3. The van der Waals surface area contributed by atoms with Crippen molar-refractivity contribution in [3.8, 4) is 0 Å². The summed E-state index contributed by atoms with van der Waals surface area (Å²) in [5, 5.41) is 7.07. The van der Waals surface area contributed by atoms with Gasteiger partial charge in [-0.3, -0.25) is 4.99 Å². The lowest BCUT2D eigenvalue weighted by molar-refractivity contribution is 0.0185. The number of amides is 1. The summed E-state index contributed by atoms with van der Waals surface area (Å²) in [5.74, 6) is 1.42. The molecule has 2 aliphatic rings. The molecule has 7 nitrogen and oxygen atoms in total. The number of nitrogens with one attached hydrogen (secondary N) is 2.